The molecule has 0 aliphatic carbocycles. The Morgan fingerprint density at radius 3 is 2.84 bits per heavy atom. The first kappa shape index (κ1) is 17.9. The van der Waals surface area contributed by atoms with Gasteiger partial charge < -0.3 is 19.9 Å². The Morgan fingerprint density at radius 2 is 2.08 bits per heavy atom. The molecule has 25 heavy (non-hydrogen) atoms. The Labute approximate surface area is 170 Å². The molecule has 1 aliphatic heterocycles. The van der Waals surface area contributed by atoms with Gasteiger partial charge in [0.1, 0.15) is 24.9 Å². The topological polar surface area (TPSA) is 79.8 Å². The van der Waals surface area contributed by atoms with Crippen molar-refractivity contribution in [1.82, 2.24) is 9.97 Å². The van der Waals surface area contributed by atoms with Gasteiger partial charge in [-0.1, -0.05) is 17.8 Å². The summed E-state index contributed by atoms with van der Waals surface area (Å²) in [4.78, 5) is 8.54. The molecule has 1 aliphatic rings. The van der Waals surface area contributed by atoms with E-state index in [1.807, 2.05) is 24.3 Å². The van der Waals surface area contributed by atoms with Crippen molar-refractivity contribution in [1.29, 1.82) is 0 Å². The number of fused-ring (bicyclic) bond motifs is 1. The third kappa shape index (κ3) is 4.03. The van der Waals surface area contributed by atoms with E-state index >= 15 is 0 Å². The van der Waals surface area contributed by atoms with Gasteiger partial charge in [0.25, 0.3) is 0 Å². The Morgan fingerprint density at radius 1 is 1.28 bits per heavy atom. The van der Waals surface area contributed by atoms with Gasteiger partial charge in [-0.15, -0.1) is 6.07 Å². The van der Waals surface area contributed by atoms with Gasteiger partial charge in [0, 0.05) is 44.2 Å². The van der Waals surface area contributed by atoms with Gasteiger partial charge in [-0.3, -0.25) is 0 Å². The van der Waals surface area contributed by atoms with Crippen molar-refractivity contribution in [3.8, 4) is 11.5 Å². The smallest absolute Gasteiger partial charge is 0.163 e. The predicted molar refractivity (Wildman–Crippen MR) is 90.6 cm³/mol. The number of aromatic nitrogens is 2. The number of hydrogen-bond donors (Lipinski definition) is 2. The van der Waals surface area contributed by atoms with Crippen LogP contribution in [0.4, 0.5) is 11.5 Å². The van der Waals surface area contributed by atoms with Crippen LogP contribution < -0.4 is 10.1 Å². The van der Waals surface area contributed by atoms with Gasteiger partial charge in [0.05, 0.1) is 12.1 Å². The molecule has 1 radical (unpaired) electrons. The van der Waals surface area contributed by atoms with Crippen LogP contribution in [0.2, 0.25) is 0 Å². The van der Waals surface area contributed by atoms with Crippen molar-refractivity contribution in [2.75, 3.05) is 18.5 Å². The van der Waals surface area contributed by atoms with Gasteiger partial charge in [0.2, 0.25) is 0 Å². The molecule has 2 heterocycles. The third-order valence-electron chi connectivity index (χ3n) is 3.81. The average molecular weight is 411 g/mol. The van der Waals surface area contributed by atoms with E-state index in [4.69, 9.17) is 9.47 Å². The normalized spacial score (nSPS) is 15.4. The van der Waals surface area contributed by atoms with Crippen LogP contribution in [0.25, 0.3) is 10.9 Å². The van der Waals surface area contributed by atoms with Crippen molar-refractivity contribution >= 4 is 22.4 Å². The number of phenols is 1. The minimum Gasteiger partial charge on any atom is -0.504 e. The minimum atomic E-state index is 0. The second kappa shape index (κ2) is 7.56. The summed E-state index contributed by atoms with van der Waals surface area (Å²) in [7, 11) is 0. The number of nitrogens with zero attached hydrogens (tertiary/aromatic N) is 2. The Balaban J connectivity index is 0.00000182. The summed E-state index contributed by atoms with van der Waals surface area (Å²) < 4.78 is 10.7. The van der Waals surface area contributed by atoms with E-state index in [1.54, 1.807) is 12.1 Å². The average Bonchev–Trinajstić information content (AvgIpc) is 3.40. The largest absolute Gasteiger partial charge is 0.504 e. The molecule has 1 aromatic heterocycles. The molecule has 6 nitrogen and oxygen atoms in total. The summed E-state index contributed by atoms with van der Waals surface area (Å²) in [6.45, 7) is 5.11. The monoisotopic (exact) mass is 411 g/mol. The van der Waals surface area contributed by atoms with Crippen LogP contribution in [0, 0.1) is 6.92 Å². The summed E-state index contributed by atoms with van der Waals surface area (Å²) in [6, 6.07) is 11.0. The van der Waals surface area contributed by atoms with Crippen LogP contribution in [-0.2, 0) is 37.4 Å². The maximum Gasteiger partial charge on any atom is 0.163 e. The van der Waals surface area contributed by atoms with E-state index in [-0.39, 0.29) is 44.6 Å². The fraction of sp³-hybridized carbons (Fsp3) is 0.167. The number of aromatic hydroxyl groups is 1. The number of para-hydroxylation sites is 1. The molecular formula is C18H16N3O3Y-. The Hall–Kier alpha value is -1.89. The van der Waals surface area contributed by atoms with Crippen molar-refractivity contribution in [3.05, 3.63) is 55.2 Å². The SMILES string of the molecule is [CH2-]c1ccccc1Nc1ncnc2cc(OCC3CO3)c(O)cc12.[Y]. The fourth-order valence-electron chi connectivity index (χ4n) is 2.40. The molecule has 0 bridgehead atoms. The molecule has 1 atom stereocenters. The van der Waals surface area contributed by atoms with E-state index in [0.717, 1.165) is 11.3 Å². The second-order valence-corrected chi connectivity index (χ2v) is 5.61. The number of phenolic OH excluding ortho intramolecular Hbond substituents is 1. The van der Waals surface area contributed by atoms with Gasteiger partial charge >= 0.3 is 0 Å². The van der Waals surface area contributed by atoms with E-state index in [0.29, 0.717) is 35.7 Å². The molecule has 2 N–H and O–H groups in total. The number of rotatable bonds is 5. The summed E-state index contributed by atoms with van der Waals surface area (Å²) in [5.74, 6) is 1.03. The zero-order valence-electron chi connectivity index (χ0n) is 13.5. The van der Waals surface area contributed by atoms with Crippen LogP contribution in [0.1, 0.15) is 5.56 Å². The molecule has 0 spiro atoms. The maximum atomic E-state index is 10.2. The number of benzene rings is 2. The van der Waals surface area contributed by atoms with Crippen LogP contribution >= 0.6 is 0 Å². The van der Waals surface area contributed by atoms with Crippen LogP contribution in [-0.4, -0.2) is 34.4 Å². The molecular weight excluding hydrogens is 395 g/mol. The van der Waals surface area contributed by atoms with Gasteiger partial charge in [-0.2, -0.15) is 18.6 Å². The first-order chi connectivity index (χ1) is 11.7. The van der Waals surface area contributed by atoms with Crippen LogP contribution in [0.5, 0.6) is 11.5 Å². The van der Waals surface area contributed by atoms with Gasteiger partial charge in [0.15, 0.2) is 11.5 Å². The third-order valence-corrected chi connectivity index (χ3v) is 3.81. The summed E-state index contributed by atoms with van der Waals surface area (Å²) >= 11 is 0. The standard InChI is InChI=1S/C18H16N3O3.Y/c1-11-4-2-3-5-14(11)21-18-13-6-16(22)17(24-9-12-8-23-12)7-15(13)19-10-20-18;/h2-7,10,12,22H,1,8-9H2,(H,19,20,21);/q-1;. The molecule has 0 saturated carbocycles. The van der Waals surface area contributed by atoms with E-state index in [1.165, 1.54) is 6.33 Å². The molecule has 7 heteroatoms. The fourth-order valence-corrected chi connectivity index (χ4v) is 2.40. The number of epoxide rings is 1. The van der Waals surface area contributed by atoms with Gasteiger partial charge in [-0.05, 0) is 6.07 Å². The van der Waals surface area contributed by atoms with Crippen LogP contribution in [0.15, 0.2) is 42.7 Å². The molecule has 1 fully saturated rings. The molecule has 125 valence electrons. The molecule has 4 rings (SSSR count). The predicted octanol–water partition coefficient (Wildman–Crippen LogP) is 3.04. The quantitative estimate of drug-likeness (QED) is 0.497. The van der Waals surface area contributed by atoms with Gasteiger partial charge in [-0.25, -0.2) is 9.97 Å². The summed E-state index contributed by atoms with van der Waals surface area (Å²) in [6.07, 6.45) is 1.59. The van der Waals surface area contributed by atoms with E-state index in [9.17, 15) is 5.11 Å². The maximum absolute atomic E-state index is 10.2. The molecule has 3 aromatic rings. The number of hydrogen-bond acceptors (Lipinski definition) is 6. The molecule has 2 aromatic carbocycles. The zero-order valence-corrected chi connectivity index (χ0v) is 16.3. The van der Waals surface area contributed by atoms with Crippen molar-refractivity contribution < 1.29 is 47.3 Å². The number of anilines is 2. The zero-order chi connectivity index (χ0) is 16.5. The summed E-state index contributed by atoms with van der Waals surface area (Å²) in [5.41, 5.74) is 2.39. The number of nitrogens with one attached hydrogen (secondary N) is 1. The Bertz CT molecular complexity index is 900. The summed E-state index contributed by atoms with van der Waals surface area (Å²) in [5, 5.41) is 14.2. The minimum absolute atomic E-state index is 0. The number of ether oxygens (including phenoxy) is 2. The van der Waals surface area contributed by atoms with E-state index in [2.05, 4.69) is 22.2 Å². The van der Waals surface area contributed by atoms with Crippen molar-refractivity contribution in [3.63, 3.8) is 0 Å². The second-order valence-electron chi connectivity index (χ2n) is 5.61. The molecule has 1 saturated heterocycles. The first-order valence-electron chi connectivity index (χ1n) is 7.61. The first-order valence-corrected chi connectivity index (χ1v) is 7.61. The molecule has 0 amide bonds. The van der Waals surface area contributed by atoms with Crippen LogP contribution in [0.3, 0.4) is 0 Å². The Kier molecular flexibility index (Phi) is 5.42. The van der Waals surface area contributed by atoms with Crippen molar-refractivity contribution in [2.45, 2.75) is 6.10 Å². The van der Waals surface area contributed by atoms with E-state index < -0.39 is 0 Å². The van der Waals surface area contributed by atoms with Crippen molar-refractivity contribution in [2.24, 2.45) is 0 Å². The molecule has 1 unspecified atom stereocenters.